The lowest BCUT2D eigenvalue weighted by Gasteiger charge is -2.21. The number of halogens is 2. The minimum atomic E-state index is -0.904. The number of benzene rings is 2. The highest BCUT2D eigenvalue weighted by Gasteiger charge is 2.12. The second kappa shape index (κ2) is 7.51. The summed E-state index contributed by atoms with van der Waals surface area (Å²) in [4.78, 5) is 0. The maximum absolute atomic E-state index is 13.2. The fourth-order valence-electron chi connectivity index (χ4n) is 2.30. The van der Waals surface area contributed by atoms with E-state index in [0.717, 1.165) is 24.1 Å². The molecule has 0 amide bonds. The zero-order valence-corrected chi connectivity index (χ0v) is 14.2. The average molecular weight is 334 g/mol. The Labute approximate surface area is 140 Å². The Morgan fingerprint density at radius 2 is 1.78 bits per heavy atom. The molecular weight excluding hydrogens is 314 g/mol. The molecule has 2 N–H and O–H groups in total. The molecule has 2 rings (SSSR count). The molecule has 0 fully saturated rings. The van der Waals surface area contributed by atoms with E-state index in [2.05, 4.69) is 49.6 Å². The predicted molar refractivity (Wildman–Crippen MR) is 94.7 cm³/mol. The highest BCUT2D eigenvalue weighted by Crippen LogP contribution is 2.20. The van der Waals surface area contributed by atoms with Gasteiger partial charge in [-0.25, -0.2) is 8.78 Å². The van der Waals surface area contributed by atoms with E-state index in [4.69, 9.17) is 12.2 Å². The Morgan fingerprint density at radius 3 is 2.39 bits per heavy atom. The standard InChI is InChI=1S/C18H20F2N2S/c1-4-17(13-6-5-11(2)12(3)9-13)22-18(23)21-14-7-8-15(19)16(20)10-14/h5-10,17H,4H2,1-3H3,(H2,21,22,23). The van der Waals surface area contributed by atoms with Crippen LogP contribution in [0.5, 0.6) is 0 Å². The molecule has 0 aliphatic heterocycles. The van der Waals surface area contributed by atoms with E-state index < -0.39 is 11.6 Å². The van der Waals surface area contributed by atoms with Gasteiger partial charge in [-0.05, 0) is 61.3 Å². The molecule has 0 saturated carbocycles. The Bertz CT molecular complexity index is 716. The molecule has 0 radical (unpaired) electrons. The van der Waals surface area contributed by atoms with Gasteiger partial charge < -0.3 is 10.6 Å². The van der Waals surface area contributed by atoms with Crippen LogP contribution in [0.2, 0.25) is 0 Å². The molecule has 0 aromatic heterocycles. The number of thiocarbonyl (C=S) groups is 1. The fourth-order valence-corrected chi connectivity index (χ4v) is 2.56. The molecule has 1 unspecified atom stereocenters. The summed E-state index contributed by atoms with van der Waals surface area (Å²) in [6.45, 7) is 6.21. The first-order valence-corrected chi connectivity index (χ1v) is 7.91. The van der Waals surface area contributed by atoms with Crippen molar-refractivity contribution in [1.29, 1.82) is 0 Å². The number of aryl methyl sites for hydroxylation is 2. The zero-order chi connectivity index (χ0) is 17.0. The van der Waals surface area contributed by atoms with Crippen molar-refractivity contribution in [2.75, 3.05) is 5.32 Å². The summed E-state index contributed by atoms with van der Waals surface area (Å²) in [6.07, 6.45) is 0.849. The first-order valence-electron chi connectivity index (χ1n) is 7.50. The van der Waals surface area contributed by atoms with Crippen molar-refractivity contribution in [1.82, 2.24) is 5.32 Å². The minimum absolute atomic E-state index is 0.0552. The molecule has 122 valence electrons. The smallest absolute Gasteiger partial charge is 0.171 e. The van der Waals surface area contributed by atoms with Gasteiger partial charge in [-0.2, -0.15) is 0 Å². The van der Waals surface area contributed by atoms with Crippen molar-refractivity contribution < 1.29 is 8.78 Å². The molecule has 2 nitrogen and oxygen atoms in total. The molecule has 1 atom stereocenters. The van der Waals surface area contributed by atoms with Crippen LogP contribution >= 0.6 is 12.2 Å². The second-order valence-electron chi connectivity index (χ2n) is 5.53. The van der Waals surface area contributed by atoms with Crippen molar-refractivity contribution in [3.05, 3.63) is 64.7 Å². The summed E-state index contributed by atoms with van der Waals surface area (Å²) in [7, 11) is 0. The second-order valence-corrected chi connectivity index (χ2v) is 5.94. The third-order valence-electron chi connectivity index (χ3n) is 3.82. The molecule has 2 aromatic carbocycles. The molecule has 0 heterocycles. The lowest BCUT2D eigenvalue weighted by molar-refractivity contribution is 0.509. The van der Waals surface area contributed by atoms with Crippen LogP contribution in [0.3, 0.4) is 0 Å². The van der Waals surface area contributed by atoms with Gasteiger partial charge in [0, 0.05) is 11.8 Å². The highest BCUT2D eigenvalue weighted by molar-refractivity contribution is 7.80. The predicted octanol–water partition coefficient (Wildman–Crippen LogP) is 5.02. The largest absolute Gasteiger partial charge is 0.356 e. The third-order valence-corrected chi connectivity index (χ3v) is 4.04. The van der Waals surface area contributed by atoms with Gasteiger partial charge in [0.1, 0.15) is 0 Å². The topological polar surface area (TPSA) is 24.1 Å². The molecule has 0 saturated heterocycles. The first-order chi connectivity index (χ1) is 10.9. The van der Waals surface area contributed by atoms with Gasteiger partial charge >= 0.3 is 0 Å². The molecular formula is C18H20F2N2S. The maximum atomic E-state index is 13.2. The van der Waals surface area contributed by atoms with E-state index in [1.54, 1.807) is 0 Å². The summed E-state index contributed by atoms with van der Waals surface area (Å²) < 4.78 is 26.2. The first kappa shape index (κ1) is 17.3. The summed E-state index contributed by atoms with van der Waals surface area (Å²) in [5.41, 5.74) is 4.02. The van der Waals surface area contributed by atoms with E-state index in [1.165, 1.54) is 17.2 Å². The zero-order valence-electron chi connectivity index (χ0n) is 13.4. The van der Waals surface area contributed by atoms with Gasteiger partial charge in [-0.1, -0.05) is 25.1 Å². The average Bonchev–Trinajstić information content (AvgIpc) is 2.51. The molecule has 0 aliphatic carbocycles. The van der Waals surface area contributed by atoms with Gasteiger partial charge in [-0.3, -0.25) is 0 Å². The van der Waals surface area contributed by atoms with E-state index in [1.807, 2.05) is 0 Å². The lowest BCUT2D eigenvalue weighted by Crippen LogP contribution is -2.32. The number of rotatable bonds is 4. The van der Waals surface area contributed by atoms with Crippen LogP contribution in [-0.2, 0) is 0 Å². The minimum Gasteiger partial charge on any atom is -0.356 e. The van der Waals surface area contributed by atoms with Crippen molar-refractivity contribution >= 4 is 23.0 Å². The lowest BCUT2D eigenvalue weighted by atomic mass is 9.99. The van der Waals surface area contributed by atoms with Crippen LogP contribution in [0.15, 0.2) is 36.4 Å². The summed E-state index contributed by atoms with van der Waals surface area (Å²) in [5, 5.41) is 6.48. The van der Waals surface area contributed by atoms with Crippen molar-refractivity contribution in [2.24, 2.45) is 0 Å². The summed E-state index contributed by atoms with van der Waals surface area (Å²) in [5.74, 6) is -1.78. The molecule has 0 aliphatic rings. The number of anilines is 1. The van der Waals surface area contributed by atoms with Crippen LogP contribution in [0.4, 0.5) is 14.5 Å². The third kappa shape index (κ3) is 4.48. The van der Waals surface area contributed by atoms with E-state index in [9.17, 15) is 8.78 Å². The Morgan fingerprint density at radius 1 is 1.04 bits per heavy atom. The van der Waals surface area contributed by atoms with Gasteiger partial charge in [0.2, 0.25) is 0 Å². The van der Waals surface area contributed by atoms with Gasteiger partial charge in [-0.15, -0.1) is 0 Å². The van der Waals surface area contributed by atoms with E-state index in [-0.39, 0.29) is 6.04 Å². The van der Waals surface area contributed by atoms with Gasteiger partial charge in [0.25, 0.3) is 0 Å². The number of hydrogen-bond acceptors (Lipinski definition) is 1. The highest BCUT2D eigenvalue weighted by atomic mass is 32.1. The Hall–Kier alpha value is -2.01. The van der Waals surface area contributed by atoms with Crippen molar-refractivity contribution in [3.63, 3.8) is 0 Å². The summed E-state index contributed by atoms with van der Waals surface area (Å²) in [6, 6.07) is 9.95. The molecule has 23 heavy (non-hydrogen) atoms. The monoisotopic (exact) mass is 334 g/mol. The molecule has 5 heteroatoms. The van der Waals surface area contributed by atoms with Crippen LogP contribution in [0.1, 0.15) is 36.1 Å². The quantitative estimate of drug-likeness (QED) is 0.768. The number of hydrogen-bond donors (Lipinski definition) is 2. The van der Waals surface area contributed by atoms with Crippen molar-refractivity contribution in [2.45, 2.75) is 33.2 Å². The van der Waals surface area contributed by atoms with Gasteiger partial charge in [0.15, 0.2) is 16.7 Å². The normalized spacial score (nSPS) is 11.9. The summed E-state index contributed by atoms with van der Waals surface area (Å²) >= 11 is 5.27. The Kier molecular flexibility index (Phi) is 5.66. The number of nitrogens with one attached hydrogen (secondary N) is 2. The van der Waals surface area contributed by atoms with Crippen LogP contribution in [0, 0.1) is 25.5 Å². The maximum Gasteiger partial charge on any atom is 0.171 e. The molecule has 2 aromatic rings. The fraction of sp³-hybridized carbons (Fsp3) is 0.278. The van der Waals surface area contributed by atoms with Crippen LogP contribution < -0.4 is 10.6 Å². The SMILES string of the molecule is CCC(NC(=S)Nc1ccc(F)c(F)c1)c1ccc(C)c(C)c1. The van der Waals surface area contributed by atoms with Crippen LogP contribution in [0.25, 0.3) is 0 Å². The van der Waals surface area contributed by atoms with E-state index in [0.29, 0.717) is 10.8 Å². The molecule has 0 spiro atoms. The van der Waals surface area contributed by atoms with Gasteiger partial charge in [0.05, 0.1) is 6.04 Å². The van der Waals surface area contributed by atoms with Crippen molar-refractivity contribution in [3.8, 4) is 0 Å². The molecule has 0 bridgehead atoms. The van der Waals surface area contributed by atoms with E-state index >= 15 is 0 Å². The Balaban J connectivity index is 2.07. The van der Waals surface area contributed by atoms with Crippen LogP contribution in [-0.4, -0.2) is 5.11 Å².